The van der Waals surface area contributed by atoms with Crippen molar-refractivity contribution in [2.45, 2.75) is 11.3 Å². The highest BCUT2D eigenvalue weighted by Gasteiger charge is 2.34. The van der Waals surface area contributed by atoms with Crippen LogP contribution in [0.15, 0.2) is 53.7 Å². The van der Waals surface area contributed by atoms with Crippen LogP contribution in [0.5, 0.6) is 5.75 Å². The highest BCUT2D eigenvalue weighted by atomic mass is 35.5. The number of thioether (sulfide) groups is 1. The number of hydrogen-bond acceptors (Lipinski definition) is 7. The Hall–Kier alpha value is -3.38. The van der Waals surface area contributed by atoms with Crippen LogP contribution in [0.2, 0.25) is 5.02 Å². The van der Waals surface area contributed by atoms with Crippen molar-refractivity contribution in [2.24, 2.45) is 0 Å². The zero-order valence-corrected chi connectivity index (χ0v) is 18.3. The number of alkyl halides is 3. The van der Waals surface area contributed by atoms with E-state index in [0.29, 0.717) is 22.3 Å². The number of halogens is 4. The molecule has 0 atom stereocenters. The van der Waals surface area contributed by atoms with Crippen LogP contribution in [-0.4, -0.2) is 33.7 Å². The number of carbonyl (C=O) groups is 1. The zero-order valence-electron chi connectivity index (χ0n) is 16.7. The summed E-state index contributed by atoms with van der Waals surface area (Å²) in [7, 11) is 1.33. The topological polar surface area (TPSA) is 107 Å². The number of rotatable bonds is 7. The van der Waals surface area contributed by atoms with Crippen LogP contribution < -0.4 is 10.1 Å². The summed E-state index contributed by atoms with van der Waals surface area (Å²) in [4.78, 5) is 30.4. The van der Waals surface area contributed by atoms with Crippen LogP contribution in [0.1, 0.15) is 5.69 Å². The van der Waals surface area contributed by atoms with Crippen LogP contribution in [-0.2, 0) is 11.0 Å². The van der Waals surface area contributed by atoms with Crippen molar-refractivity contribution in [3.8, 4) is 17.0 Å². The molecule has 0 aliphatic rings. The summed E-state index contributed by atoms with van der Waals surface area (Å²) in [5.74, 6) is -0.853. The van der Waals surface area contributed by atoms with E-state index in [1.165, 1.54) is 43.5 Å². The molecule has 1 N–H and O–H groups in total. The molecular formula is C20H14ClF3N4O4S. The maximum atomic E-state index is 13.3. The zero-order chi connectivity index (χ0) is 24.2. The standard InChI is InChI=1S/C20H14ClF3N4O4S/c1-32-13-6-7-14(16(8-13)28(30)31)25-18(29)10-33-19-26-15(9-17(27-19)20(22,23)24)11-2-4-12(21)5-3-11/h2-9H,10H2,1H3,(H,25,29). The Morgan fingerprint density at radius 2 is 1.88 bits per heavy atom. The summed E-state index contributed by atoms with van der Waals surface area (Å²) < 4.78 is 44.9. The molecule has 2 aromatic carbocycles. The van der Waals surface area contributed by atoms with Gasteiger partial charge in [0, 0.05) is 10.6 Å². The van der Waals surface area contributed by atoms with Gasteiger partial charge in [-0.05, 0) is 30.3 Å². The smallest absolute Gasteiger partial charge is 0.433 e. The predicted octanol–water partition coefficient (Wildman–Crippen LogP) is 5.46. The number of benzene rings is 2. The summed E-state index contributed by atoms with van der Waals surface area (Å²) >= 11 is 6.48. The monoisotopic (exact) mass is 498 g/mol. The largest absolute Gasteiger partial charge is 0.496 e. The fourth-order valence-electron chi connectivity index (χ4n) is 2.62. The average Bonchev–Trinajstić information content (AvgIpc) is 2.77. The van der Waals surface area contributed by atoms with E-state index in [1.807, 2.05) is 0 Å². The van der Waals surface area contributed by atoms with Crippen LogP contribution in [0.3, 0.4) is 0 Å². The Kier molecular flexibility index (Phi) is 7.39. The second-order valence-corrected chi connectivity index (χ2v) is 7.78. The van der Waals surface area contributed by atoms with Crippen LogP contribution >= 0.6 is 23.4 Å². The molecule has 0 fully saturated rings. The summed E-state index contributed by atoms with van der Waals surface area (Å²) in [5, 5.41) is 13.7. The molecule has 1 aromatic heterocycles. The van der Waals surface area contributed by atoms with Gasteiger partial charge in [0.05, 0.1) is 29.5 Å². The van der Waals surface area contributed by atoms with E-state index in [-0.39, 0.29) is 28.0 Å². The van der Waals surface area contributed by atoms with Gasteiger partial charge in [0.1, 0.15) is 17.1 Å². The molecule has 0 saturated carbocycles. The van der Waals surface area contributed by atoms with Gasteiger partial charge in [-0.15, -0.1) is 0 Å². The molecule has 3 rings (SSSR count). The normalized spacial score (nSPS) is 11.2. The number of nitro groups is 1. The molecule has 3 aromatic rings. The number of nitrogens with one attached hydrogen (secondary N) is 1. The number of carbonyl (C=O) groups excluding carboxylic acids is 1. The van der Waals surface area contributed by atoms with E-state index in [4.69, 9.17) is 16.3 Å². The highest BCUT2D eigenvalue weighted by molar-refractivity contribution is 7.99. The van der Waals surface area contributed by atoms with E-state index >= 15 is 0 Å². The van der Waals surface area contributed by atoms with E-state index < -0.39 is 28.4 Å². The lowest BCUT2D eigenvalue weighted by Gasteiger charge is -2.11. The molecule has 1 heterocycles. The predicted molar refractivity (Wildman–Crippen MR) is 116 cm³/mol. The summed E-state index contributed by atoms with van der Waals surface area (Å²) in [5.41, 5.74) is -1.27. The van der Waals surface area contributed by atoms with Gasteiger partial charge < -0.3 is 10.1 Å². The number of nitro benzene ring substituents is 1. The first-order chi connectivity index (χ1) is 15.6. The lowest BCUT2D eigenvalue weighted by atomic mass is 10.1. The Balaban J connectivity index is 1.80. The average molecular weight is 499 g/mol. The molecule has 0 radical (unpaired) electrons. The first kappa shape index (κ1) is 24.3. The molecule has 0 aliphatic carbocycles. The third-order valence-corrected chi connectivity index (χ3v) is 5.24. The number of amides is 1. The second kappa shape index (κ2) is 10.0. The maximum Gasteiger partial charge on any atom is 0.433 e. The molecule has 0 aliphatic heterocycles. The van der Waals surface area contributed by atoms with E-state index in [9.17, 15) is 28.1 Å². The summed E-state index contributed by atoms with van der Waals surface area (Å²) in [6.45, 7) is 0. The Morgan fingerprint density at radius 3 is 2.48 bits per heavy atom. The van der Waals surface area contributed by atoms with Gasteiger partial charge in [0.2, 0.25) is 5.91 Å². The van der Waals surface area contributed by atoms with Gasteiger partial charge in [-0.25, -0.2) is 9.97 Å². The fourth-order valence-corrected chi connectivity index (χ4v) is 3.40. The van der Waals surface area contributed by atoms with Crippen molar-refractivity contribution in [3.05, 3.63) is 69.4 Å². The molecule has 172 valence electrons. The van der Waals surface area contributed by atoms with Crippen molar-refractivity contribution in [1.82, 2.24) is 9.97 Å². The number of aromatic nitrogens is 2. The molecule has 0 unspecified atom stereocenters. The van der Waals surface area contributed by atoms with Crippen LogP contribution in [0, 0.1) is 10.1 Å². The molecule has 0 saturated heterocycles. The van der Waals surface area contributed by atoms with Gasteiger partial charge in [0.15, 0.2) is 5.16 Å². The first-order valence-corrected chi connectivity index (χ1v) is 10.4. The highest BCUT2D eigenvalue weighted by Crippen LogP contribution is 2.33. The minimum Gasteiger partial charge on any atom is -0.496 e. The first-order valence-electron chi connectivity index (χ1n) is 9.04. The molecule has 8 nitrogen and oxygen atoms in total. The van der Waals surface area contributed by atoms with Gasteiger partial charge in [-0.3, -0.25) is 14.9 Å². The van der Waals surface area contributed by atoms with E-state index in [0.717, 1.165) is 12.1 Å². The molecular weight excluding hydrogens is 485 g/mol. The minimum atomic E-state index is -4.73. The molecule has 0 bridgehead atoms. The molecule has 1 amide bonds. The van der Waals surface area contributed by atoms with Gasteiger partial charge in [-0.2, -0.15) is 13.2 Å². The van der Waals surface area contributed by atoms with Gasteiger partial charge in [0.25, 0.3) is 5.69 Å². The van der Waals surface area contributed by atoms with E-state index in [2.05, 4.69) is 15.3 Å². The Morgan fingerprint density at radius 1 is 1.18 bits per heavy atom. The van der Waals surface area contributed by atoms with Crippen molar-refractivity contribution >= 4 is 40.6 Å². The van der Waals surface area contributed by atoms with Crippen molar-refractivity contribution in [2.75, 3.05) is 18.2 Å². The molecule has 0 spiro atoms. The summed E-state index contributed by atoms with van der Waals surface area (Å²) in [6.07, 6.45) is -4.73. The number of nitrogens with zero attached hydrogens (tertiary/aromatic N) is 3. The van der Waals surface area contributed by atoms with Crippen molar-refractivity contribution < 1.29 is 27.6 Å². The number of anilines is 1. The van der Waals surface area contributed by atoms with Gasteiger partial charge >= 0.3 is 6.18 Å². The third kappa shape index (κ3) is 6.33. The maximum absolute atomic E-state index is 13.3. The lowest BCUT2D eigenvalue weighted by Crippen LogP contribution is -2.16. The fraction of sp³-hybridized carbons (Fsp3) is 0.150. The van der Waals surface area contributed by atoms with Crippen LogP contribution in [0.4, 0.5) is 24.5 Å². The summed E-state index contributed by atoms with van der Waals surface area (Å²) in [6, 6.07) is 10.7. The number of methoxy groups -OCH3 is 1. The molecule has 13 heteroatoms. The number of hydrogen-bond donors (Lipinski definition) is 1. The quantitative estimate of drug-likeness (QED) is 0.199. The lowest BCUT2D eigenvalue weighted by molar-refractivity contribution is -0.384. The third-order valence-electron chi connectivity index (χ3n) is 4.14. The van der Waals surface area contributed by atoms with Crippen molar-refractivity contribution in [3.63, 3.8) is 0 Å². The van der Waals surface area contributed by atoms with Crippen LogP contribution in [0.25, 0.3) is 11.3 Å². The van der Waals surface area contributed by atoms with Gasteiger partial charge in [-0.1, -0.05) is 35.5 Å². The Labute approximate surface area is 194 Å². The molecule has 33 heavy (non-hydrogen) atoms. The minimum absolute atomic E-state index is 0.00249. The van der Waals surface area contributed by atoms with Crippen molar-refractivity contribution in [1.29, 1.82) is 0 Å². The second-order valence-electron chi connectivity index (χ2n) is 6.40. The Bertz CT molecular complexity index is 1190. The van der Waals surface area contributed by atoms with E-state index in [1.54, 1.807) is 0 Å². The SMILES string of the molecule is COc1ccc(NC(=O)CSc2nc(-c3ccc(Cl)cc3)cc(C(F)(F)F)n2)c([N+](=O)[O-])c1. The number of ether oxygens (including phenoxy) is 1.